The molecule has 4 aromatic rings. The number of nitrogens with zero attached hydrogens (tertiary/aromatic N) is 1. The fraction of sp³-hybridized carbons (Fsp3) is 0.133. The van der Waals surface area contributed by atoms with E-state index in [-0.39, 0.29) is 11.9 Å². The third-order valence-corrected chi connectivity index (χ3v) is 7.39. The average Bonchev–Trinajstić information content (AvgIpc) is 3.00. The molecule has 0 aromatic heterocycles. The Labute approximate surface area is 215 Å². The van der Waals surface area contributed by atoms with E-state index >= 15 is 0 Å². The minimum Gasteiger partial charge on any atom is -0.308 e. The van der Waals surface area contributed by atoms with E-state index < -0.39 is 0 Å². The van der Waals surface area contributed by atoms with Crippen molar-refractivity contribution >= 4 is 40.8 Å². The molecule has 5 rings (SSSR count). The number of carbonyl (C=O) groups excluding carboxylic acids is 2. The zero-order valence-corrected chi connectivity index (χ0v) is 21.1. The van der Waals surface area contributed by atoms with Crippen LogP contribution in [0.5, 0.6) is 0 Å². The van der Waals surface area contributed by atoms with Crippen molar-refractivity contribution in [1.29, 1.82) is 0 Å². The molecule has 1 heterocycles. The molecule has 0 atom stereocenters. The molecule has 3 amide bonds. The van der Waals surface area contributed by atoms with Crippen molar-refractivity contribution in [2.75, 3.05) is 15.5 Å². The van der Waals surface area contributed by atoms with Gasteiger partial charge >= 0.3 is 6.03 Å². The average molecular weight is 494 g/mol. The topological polar surface area (TPSA) is 61.4 Å². The second kappa shape index (κ2) is 10.3. The molecule has 6 heteroatoms. The number of rotatable bonds is 5. The summed E-state index contributed by atoms with van der Waals surface area (Å²) in [4.78, 5) is 30.3. The van der Waals surface area contributed by atoms with Gasteiger partial charge in [0.1, 0.15) is 0 Å². The van der Waals surface area contributed by atoms with Gasteiger partial charge in [-0.05, 0) is 60.4 Å². The predicted octanol–water partition coefficient (Wildman–Crippen LogP) is 7.51. The fourth-order valence-electron chi connectivity index (χ4n) is 4.40. The smallest absolute Gasteiger partial charge is 0.308 e. The molecule has 2 N–H and O–H groups in total. The zero-order valence-electron chi connectivity index (χ0n) is 20.2. The maximum Gasteiger partial charge on any atom is 0.323 e. The highest BCUT2D eigenvalue weighted by molar-refractivity contribution is 7.99. The van der Waals surface area contributed by atoms with Gasteiger partial charge in [-0.25, -0.2) is 4.79 Å². The molecule has 0 spiro atoms. The number of benzene rings is 4. The van der Waals surface area contributed by atoms with Crippen molar-refractivity contribution in [1.82, 2.24) is 0 Å². The van der Waals surface area contributed by atoms with Crippen LogP contribution in [0.3, 0.4) is 0 Å². The van der Waals surface area contributed by atoms with Crippen molar-refractivity contribution in [3.05, 3.63) is 113 Å². The summed E-state index contributed by atoms with van der Waals surface area (Å²) in [6.07, 6.45) is 0.824. The lowest BCUT2D eigenvalue weighted by Gasteiger charge is -2.24. The van der Waals surface area contributed by atoms with E-state index in [4.69, 9.17) is 0 Å². The quantitative estimate of drug-likeness (QED) is 0.302. The number of anilines is 3. The van der Waals surface area contributed by atoms with Gasteiger partial charge in [0.05, 0.1) is 17.8 Å². The normalized spacial score (nSPS) is 12.4. The Kier molecular flexibility index (Phi) is 6.78. The van der Waals surface area contributed by atoms with Crippen molar-refractivity contribution in [2.24, 2.45) is 0 Å². The standard InChI is InChI=1S/C30H27N3O2S/c1-3-22-13-9-10-20(2)28(22)32-30(35)31-23-16-17-27-25(18-23)33(19-21-11-5-4-6-12-21)29(34)24-14-7-8-15-26(24)36-27/h4-18H,3,19H2,1-2H3,(H2,31,32,35). The largest absolute Gasteiger partial charge is 0.323 e. The minimum absolute atomic E-state index is 0.0604. The minimum atomic E-state index is -0.315. The Morgan fingerprint density at radius 1 is 0.861 bits per heavy atom. The first kappa shape index (κ1) is 23.7. The van der Waals surface area contributed by atoms with Crippen LogP contribution in [0.25, 0.3) is 0 Å². The maximum absolute atomic E-state index is 13.7. The molecule has 0 fully saturated rings. The van der Waals surface area contributed by atoms with Crippen LogP contribution in [-0.4, -0.2) is 11.9 Å². The molecule has 0 radical (unpaired) electrons. The predicted molar refractivity (Wildman–Crippen MR) is 147 cm³/mol. The Balaban J connectivity index is 1.47. The van der Waals surface area contributed by atoms with Crippen molar-refractivity contribution in [3.8, 4) is 0 Å². The van der Waals surface area contributed by atoms with Gasteiger partial charge in [0, 0.05) is 21.2 Å². The van der Waals surface area contributed by atoms with Crippen molar-refractivity contribution in [3.63, 3.8) is 0 Å². The summed E-state index contributed by atoms with van der Waals surface area (Å²) in [5, 5.41) is 5.97. The second-order valence-corrected chi connectivity index (χ2v) is 9.78. The van der Waals surface area contributed by atoms with Crippen LogP contribution in [0.15, 0.2) is 101 Å². The highest BCUT2D eigenvalue weighted by Crippen LogP contribution is 2.43. The van der Waals surface area contributed by atoms with E-state index in [0.717, 1.165) is 44.3 Å². The van der Waals surface area contributed by atoms with Crippen LogP contribution in [0.4, 0.5) is 21.9 Å². The Morgan fingerprint density at radius 3 is 2.44 bits per heavy atom. The number of aryl methyl sites for hydroxylation is 2. The lowest BCUT2D eigenvalue weighted by atomic mass is 10.1. The molecule has 4 aromatic carbocycles. The third-order valence-electron chi connectivity index (χ3n) is 6.25. The highest BCUT2D eigenvalue weighted by Gasteiger charge is 2.27. The molecule has 0 aliphatic carbocycles. The fourth-order valence-corrected chi connectivity index (χ4v) is 5.46. The van der Waals surface area contributed by atoms with E-state index in [0.29, 0.717) is 17.8 Å². The molecule has 5 nitrogen and oxygen atoms in total. The molecule has 1 aliphatic heterocycles. The number of urea groups is 1. The summed E-state index contributed by atoms with van der Waals surface area (Å²) in [7, 11) is 0. The molecule has 1 aliphatic rings. The van der Waals surface area contributed by atoms with E-state index in [9.17, 15) is 9.59 Å². The molecule has 180 valence electrons. The number of carbonyl (C=O) groups is 2. The van der Waals surface area contributed by atoms with Gasteiger partial charge in [0.25, 0.3) is 5.91 Å². The molecule has 0 saturated carbocycles. The lowest BCUT2D eigenvalue weighted by Crippen LogP contribution is -2.30. The van der Waals surface area contributed by atoms with Crippen LogP contribution in [0.2, 0.25) is 0 Å². The summed E-state index contributed by atoms with van der Waals surface area (Å²) in [5.41, 5.74) is 6.03. The van der Waals surface area contributed by atoms with Gasteiger partial charge < -0.3 is 15.5 Å². The van der Waals surface area contributed by atoms with Gasteiger partial charge in [-0.15, -0.1) is 0 Å². The van der Waals surface area contributed by atoms with Crippen molar-refractivity contribution < 1.29 is 9.59 Å². The first-order valence-corrected chi connectivity index (χ1v) is 12.8. The summed E-state index contributed by atoms with van der Waals surface area (Å²) in [6.45, 7) is 4.48. The third kappa shape index (κ3) is 4.86. The summed E-state index contributed by atoms with van der Waals surface area (Å²) in [6, 6.07) is 29.0. The Bertz CT molecular complexity index is 1440. The Hall–Kier alpha value is -4.03. The molecule has 0 unspecified atom stereocenters. The number of fused-ring (bicyclic) bond motifs is 2. The van der Waals surface area contributed by atoms with Crippen LogP contribution < -0.4 is 15.5 Å². The van der Waals surface area contributed by atoms with E-state index in [1.165, 1.54) is 0 Å². The summed E-state index contributed by atoms with van der Waals surface area (Å²) < 4.78 is 0. The number of hydrogen-bond acceptors (Lipinski definition) is 3. The summed E-state index contributed by atoms with van der Waals surface area (Å²) >= 11 is 1.57. The highest BCUT2D eigenvalue weighted by atomic mass is 32.2. The van der Waals surface area contributed by atoms with E-state index in [1.807, 2.05) is 97.9 Å². The van der Waals surface area contributed by atoms with E-state index in [2.05, 4.69) is 17.6 Å². The SMILES string of the molecule is CCc1cccc(C)c1NC(=O)Nc1ccc2c(c1)N(Cc1ccccc1)C(=O)c1ccccc1S2. The number of hydrogen-bond donors (Lipinski definition) is 2. The Morgan fingerprint density at radius 2 is 1.64 bits per heavy atom. The van der Waals surface area contributed by atoms with Gasteiger partial charge in [-0.3, -0.25) is 4.79 Å². The lowest BCUT2D eigenvalue weighted by molar-refractivity contribution is 0.0982. The monoisotopic (exact) mass is 493 g/mol. The van der Waals surface area contributed by atoms with Gasteiger partial charge in [-0.1, -0.05) is 79.3 Å². The first-order chi connectivity index (χ1) is 17.5. The van der Waals surface area contributed by atoms with Crippen LogP contribution in [-0.2, 0) is 13.0 Å². The van der Waals surface area contributed by atoms with Gasteiger partial charge in [0.2, 0.25) is 0 Å². The van der Waals surface area contributed by atoms with Gasteiger partial charge in [-0.2, -0.15) is 0 Å². The zero-order chi connectivity index (χ0) is 25.1. The van der Waals surface area contributed by atoms with Gasteiger partial charge in [0.15, 0.2) is 0 Å². The second-order valence-electron chi connectivity index (χ2n) is 8.70. The van der Waals surface area contributed by atoms with E-state index in [1.54, 1.807) is 16.7 Å². The van der Waals surface area contributed by atoms with Crippen LogP contribution >= 0.6 is 11.8 Å². The molecule has 0 bridgehead atoms. The molecular weight excluding hydrogens is 466 g/mol. The number of amides is 3. The molecule has 0 saturated heterocycles. The van der Waals surface area contributed by atoms with Crippen LogP contribution in [0.1, 0.15) is 34.0 Å². The van der Waals surface area contributed by atoms with Crippen molar-refractivity contribution in [2.45, 2.75) is 36.6 Å². The molecule has 36 heavy (non-hydrogen) atoms. The summed E-state index contributed by atoms with van der Waals surface area (Å²) in [5.74, 6) is -0.0604. The molecular formula is C30H27N3O2S. The first-order valence-electron chi connectivity index (χ1n) is 12.0. The number of para-hydroxylation sites is 1. The maximum atomic E-state index is 13.7. The number of nitrogens with one attached hydrogen (secondary N) is 2. The van der Waals surface area contributed by atoms with Crippen LogP contribution in [0, 0.1) is 6.92 Å².